The lowest BCUT2D eigenvalue weighted by molar-refractivity contribution is -0.121. The zero-order chi connectivity index (χ0) is 37.6. The summed E-state index contributed by atoms with van der Waals surface area (Å²) in [5.74, 6) is 2.56. The fourth-order valence-corrected chi connectivity index (χ4v) is 7.88. The van der Waals surface area contributed by atoms with Crippen LogP contribution in [-0.4, -0.2) is 137 Å². The molecule has 3 aromatic rings. The van der Waals surface area contributed by atoms with E-state index < -0.39 is 12.4 Å². The van der Waals surface area contributed by atoms with E-state index in [2.05, 4.69) is 25.0 Å². The summed E-state index contributed by atoms with van der Waals surface area (Å²) in [5, 5.41) is 3.38. The van der Waals surface area contributed by atoms with Gasteiger partial charge in [-0.1, -0.05) is 18.2 Å². The number of para-hydroxylation sites is 1. The average molecular weight is 758 g/mol. The van der Waals surface area contributed by atoms with E-state index >= 15 is 0 Å². The van der Waals surface area contributed by atoms with Crippen molar-refractivity contribution in [2.75, 3.05) is 115 Å². The lowest BCUT2D eigenvalue weighted by Crippen LogP contribution is -2.47. The van der Waals surface area contributed by atoms with Crippen molar-refractivity contribution in [3.8, 4) is 23.0 Å². The third-order valence-electron chi connectivity index (χ3n) is 10.9. The number of piperazine rings is 2. The van der Waals surface area contributed by atoms with Crippen molar-refractivity contribution >= 4 is 23.4 Å². The Morgan fingerprint density at radius 1 is 0.782 bits per heavy atom. The molecule has 1 atom stereocenters. The number of fused-ring (bicyclic) bond motifs is 3. The number of aromatic nitrogens is 1. The van der Waals surface area contributed by atoms with Crippen LogP contribution in [-0.2, 0) is 27.4 Å². The summed E-state index contributed by atoms with van der Waals surface area (Å²) < 4.78 is 35.2. The van der Waals surface area contributed by atoms with Crippen LogP contribution in [0.25, 0.3) is 0 Å². The topological polar surface area (TPSA) is 131 Å². The summed E-state index contributed by atoms with van der Waals surface area (Å²) in [6.45, 7) is 12.7. The predicted octanol–water partition coefficient (Wildman–Crippen LogP) is 3.26. The lowest BCUT2D eigenvalue weighted by Gasteiger charge is -2.35. The maximum Gasteiger partial charge on any atom is 0.416 e. The summed E-state index contributed by atoms with van der Waals surface area (Å²) >= 11 is 0. The highest BCUT2D eigenvalue weighted by Gasteiger charge is 2.34. The molecular formula is C40H51N7O8. The van der Waals surface area contributed by atoms with Crippen molar-refractivity contribution in [1.29, 1.82) is 0 Å². The fourth-order valence-electron chi connectivity index (χ4n) is 7.88. The normalized spacial score (nSPS) is 20.4. The number of carbonyl (C=O) groups excluding carboxylic acids is 2. The first-order valence-electron chi connectivity index (χ1n) is 19.5. The molecule has 5 aliphatic rings. The first-order chi connectivity index (χ1) is 27.0. The first kappa shape index (κ1) is 37.3. The van der Waals surface area contributed by atoms with Crippen LogP contribution >= 0.6 is 0 Å². The second-order valence-corrected chi connectivity index (χ2v) is 14.4. The Balaban J connectivity index is 0.842. The van der Waals surface area contributed by atoms with Crippen LogP contribution in [0.15, 0.2) is 48.7 Å². The number of cyclic esters (lactones) is 1. The molecule has 0 bridgehead atoms. The van der Waals surface area contributed by atoms with E-state index in [1.807, 2.05) is 42.5 Å². The molecule has 2 amide bonds. The molecule has 55 heavy (non-hydrogen) atoms. The summed E-state index contributed by atoms with van der Waals surface area (Å²) in [6.07, 6.45) is 2.13. The van der Waals surface area contributed by atoms with Gasteiger partial charge in [-0.05, 0) is 38.1 Å². The Morgan fingerprint density at radius 3 is 2.31 bits per heavy atom. The molecule has 5 aliphatic heterocycles. The highest BCUT2D eigenvalue weighted by molar-refractivity contribution is 5.98. The number of nitrogens with zero attached hydrogens (tertiary/aromatic N) is 6. The van der Waals surface area contributed by atoms with Gasteiger partial charge in [0.1, 0.15) is 24.7 Å². The molecule has 15 nitrogen and oxygen atoms in total. The molecule has 6 heterocycles. The summed E-state index contributed by atoms with van der Waals surface area (Å²) in [4.78, 5) is 41.7. The minimum atomic E-state index is -0.875. The van der Waals surface area contributed by atoms with E-state index in [1.165, 1.54) is 0 Å². The molecule has 294 valence electrons. The molecular weight excluding hydrogens is 706 g/mol. The van der Waals surface area contributed by atoms with E-state index in [9.17, 15) is 9.59 Å². The van der Waals surface area contributed by atoms with Crippen molar-refractivity contribution in [2.45, 2.75) is 32.3 Å². The van der Waals surface area contributed by atoms with E-state index in [1.54, 1.807) is 23.1 Å². The molecule has 0 saturated carbocycles. The largest absolute Gasteiger partial charge is 0.496 e. The van der Waals surface area contributed by atoms with Crippen molar-refractivity contribution in [3.05, 3.63) is 65.5 Å². The van der Waals surface area contributed by atoms with Crippen molar-refractivity contribution in [1.82, 2.24) is 25.0 Å². The Morgan fingerprint density at radius 2 is 1.51 bits per heavy atom. The minimum Gasteiger partial charge on any atom is -0.496 e. The van der Waals surface area contributed by atoms with E-state index in [0.29, 0.717) is 49.2 Å². The molecule has 8 rings (SSSR count). The molecule has 0 radical (unpaired) electrons. The highest BCUT2D eigenvalue weighted by Crippen LogP contribution is 2.41. The molecule has 0 aliphatic carbocycles. The molecule has 2 fully saturated rings. The van der Waals surface area contributed by atoms with Crippen LogP contribution < -0.4 is 34.1 Å². The lowest BCUT2D eigenvalue weighted by atomic mass is 10.1. The average Bonchev–Trinajstić information content (AvgIpc) is 3.22. The van der Waals surface area contributed by atoms with Crippen LogP contribution in [0.5, 0.6) is 23.0 Å². The Labute approximate surface area is 321 Å². The number of benzene rings is 2. The van der Waals surface area contributed by atoms with Gasteiger partial charge in [-0.25, -0.2) is 4.79 Å². The molecule has 1 N–H and O–H groups in total. The number of rotatable bonds is 14. The zero-order valence-corrected chi connectivity index (χ0v) is 31.6. The van der Waals surface area contributed by atoms with Crippen LogP contribution in [0, 0.1) is 0 Å². The van der Waals surface area contributed by atoms with Crippen molar-refractivity contribution in [2.24, 2.45) is 0 Å². The maximum atomic E-state index is 13.3. The second kappa shape index (κ2) is 17.4. The molecule has 1 unspecified atom stereocenters. The number of amides is 2. The standard InChI is InChI=1S/C40H51N7O8/c1-50-34-24-33-35(22-29(34)27-54-39-31-6-2-3-7-32(31)47(40(49)55-39)13-5-10-43-14-8-41-9-15-43)53-28-38(48)46(33)12-4-11-44-16-18-45(19-17-44)26-30-23-36-37(25-42-30)52-21-20-51-36/h2-3,6-7,22-25,39,41H,4-5,8-21,26-28H2,1H3. The van der Waals surface area contributed by atoms with Gasteiger partial charge < -0.3 is 48.4 Å². The molecule has 1 aromatic heterocycles. The minimum absolute atomic E-state index is 0.0374. The van der Waals surface area contributed by atoms with Gasteiger partial charge in [0.2, 0.25) is 6.29 Å². The number of methoxy groups -OCH3 is 1. The second-order valence-electron chi connectivity index (χ2n) is 14.4. The number of hydrogen-bond acceptors (Lipinski definition) is 13. The van der Waals surface area contributed by atoms with Gasteiger partial charge >= 0.3 is 6.09 Å². The van der Waals surface area contributed by atoms with Crippen molar-refractivity contribution < 1.29 is 38.0 Å². The number of hydrogen-bond donors (Lipinski definition) is 1. The van der Waals surface area contributed by atoms with Gasteiger partial charge in [-0.15, -0.1) is 0 Å². The number of pyridine rings is 1. The van der Waals surface area contributed by atoms with Crippen LogP contribution in [0.1, 0.15) is 36.0 Å². The SMILES string of the molecule is COc1cc2c(cc1COC1OC(=O)N(CCCN3CCNCC3)c3ccccc31)OCC(=O)N2CCCN1CCN(Cc2cc3c(cn2)OCCO3)CC1. The molecule has 0 spiro atoms. The van der Waals surface area contributed by atoms with Gasteiger partial charge in [-0.3, -0.25) is 19.6 Å². The smallest absolute Gasteiger partial charge is 0.416 e. The third-order valence-corrected chi connectivity index (χ3v) is 10.9. The number of carbonyl (C=O) groups is 2. The van der Waals surface area contributed by atoms with Crippen LogP contribution in [0.2, 0.25) is 0 Å². The number of ether oxygens (including phenoxy) is 6. The van der Waals surface area contributed by atoms with Crippen molar-refractivity contribution in [3.63, 3.8) is 0 Å². The Kier molecular flexibility index (Phi) is 11.8. The molecule has 15 heteroatoms. The predicted molar refractivity (Wildman–Crippen MR) is 204 cm³/mol. The van der Waals surface area contributed by atoms with Crippen LogP contribution in [0.3, 0.4) is 0 Å². The van der Waals surface area contributed by atoms with Gasteiger partial charge in [0, 0.05) is 95.3 Å². The van der Waals surface area contributed by atoms with E-state index in [-0.39, 0.29) is 19.1 Å². The Hall–Kier alpha value is -4.67. The number of anilines is 2. The maximum absolute atomic E-state index is 13.3. The van der Waals surface area contributed by atoms with Crippen LogP contribution in [0.4, 0.5) is 16.2 Å². The monoisotopic (exact) mass is 757 g/mol. The summed E-state index contributed by atoms with van der Waals surface area (Å²) in [6, 6.07) is 13.4. The van der Waals surface area contributed by atoms with Gasteiger partial charge in [0.25, 0.3) is 5.91 Å². The van der Waals surface area contributed by atoms with Gasteiger partial charge in [0.05, 0.1) is 37.0 Å². The van der Waals surface area contributed by atoms with Gasteiger partial charge in [0.15, 0.2) is 18.1 Å². The Bertz CT molecular complexity index is 1820. The number of nitrogens with one attached hydrogen (secondary N) is 1. The molecule has 2 aromatic carbocycles. The summed E-state index contributed by atoms with van der Waals surface area (Å²) in [5.41, 5.74) is 3.99. The van der Waals surface area contributed by atoms with E-state index in [4.69, 9.17) is 28.4 Å². The molecule has 2 saturated heterocycles. The quantitative estimate of drug-likeness (QED) is 0.259. The first-order valence-corrected chi connectivity index (χ1v) is 19.5. The van der Waals surface area contributed by atoms with E-state index in [0.717, 1.165) is 113 Å². The van der Waals surface area contributed by atoms with Gasteiger partial charge in [-0.2, -0.15) is 0 Å². The zero-order valence-electron chi connectivity index (χ0n) is 31.6. The summed E-state index contributed by atoms with van der Waals surface area (Å²) in [7, 11) is 1.60. The third kappa shape index (κ3) is 8.76. The highest BCUT2D eigenvalue weighted by atomic mass is 16.7. The fraction of sp³-hybridized carbons (Fsp3) is 0.525.